The van der Waals surface area contributed by atoms with Gasteiger partial charge in [0, 0.05) is 31.0 Å². The second kappa shape index (κ2) is 9.86. The maximum atomic E-state index is 13.3. The highest BCUT2D eigenvalue weighted by atomic mass is 16.6. The van der Waals surface area contributed by atoms with Crippen molar-refractivity contribution in [2.75, 3.05) is 17.3 Å². The minimum absolute atomic E-state index is 0.136. The van der Waals surface area contributed by atoms with Crippen molar-refractivity contribution in [1.29, 1.82) is 0 Å². The van der Waals surface area contributed by atoms with Crippen molar-refractivity contribution in [3.63, 3.8) is 0 Å². The highest BCUT2D eigenvalue weighted by molar-refractivity contribution is 6.00. The summed E-state index contributed by atoms with van der Waals surface area (Å²) in [5.41, 5.74) is 1.11. The first-order valence-corrected chi connectivity index (χ1v) is 12.6. The van der Waals surface area contributed by atoms with Crippen LogP contribution < -0.4 is 21.1 Å². The van der Waals surface area contributed by atoms with E-state index < -0.39 is 11.7 Å². The van der Waals surface area contributed by atoms with E-state index >= 15 is 0 Å². The Morgan fingerprint density at radius 3 is 2.59 bits per heavy atom. The van der Waals surface area contributed by atoms with Gasteiger partial charge in [-0.25, -0.2) is 9.78 Å². The lowest BCUT2D eigenvalue weighted by molar-refractivity contribution is 0.0587. The molecular formula is C27H30N8O4. The van der Waals surface area contributed by atoms with Gasteiger partial charge in [0.2, 0.25) is 0 Å². The Balaban J connectivity index is 1.57. The molecule has 0 aliphatic heterocycles. The number of carbonyl (C=O) groups excluding carboxylic acids is 2. The third kappa shape index (κ3) is 5.59. The summed E-state index contributed by atoms with van der Waals surface area (Å²) in [5.74, 6) is 0.226. The molecule has 5 rings (SSSR count). The van der Waals surface area contributed by atoms with Crippen LogP contribution in [0.2, 0.25) is 0 Å². The van der Waals surface area contributed by atoms with Gasteiger partial charge < -0.3 is 15.4 Å². The molecule has 12 nitrogen and oxygen atoms in total. The number of fused-ring (bicyclic) bond motifs is 1. The smallest absolute Gasteiger partial charge is 0.415 e. The van der Waals surface area contributed by atoms with Crippen LogP contribution in [0.15, 0.2) is 53.7 Å². The van der Waals surface area contributed by atoms with Crippen molar-refractivity contribution in [3.05, 3.63) is 70.5 Å². The molecule has 1 aliphatic rings. The topological polar surface area (TPSA) is 136 Å². The number of anilines is 3. The number of aromatic nitrogens is 5. The molecule has 202 valence electrons. The van der Waals surface area contributed by atoms with Crippen LogP contribution in [0, 0.1) is 6.92 Å². The minimum Gasteiger partial charge on any atom is -0.443 e. The standard InChI is InChI=1S/C27H30N8O4/c1-16-8-11-18(14-28-16)34-12-6-7-20(25(34)37)31-21-13-22(33(5)26(38)39-27(2,3)4)35-23(32-21)19(15-29-35)24(36)30-17-9-10-17/h6-8,11-15,17H,9-10H2,1-5H3,(H,30,36)(H,31,32). The van der Waals surface area contributed by atoms with Gasteiger partial charge in [-0.15, -0.1) is 0 Å². The molecule has 4 aromatic rings. The number of amides is 2. The van der Waals surface area contributed by atoms with Gasteiger partial charge >= 0.3 is 6.09 Å². The summed E-state index contributed by atoms with van der Waals surface area (Å²) < 4.78 is 8.40. The third-order valence-corrected chi connectivity index (χ3v) is 6.01. The number of pyridine rings is 2. The van der Waals surface area contributed by atoms with E-state index in [-0.39, 0.29) is 40.2 Å². The largest absolute Gasteiger partial charge is 0.443 e. The van der Waals surface area contributed by atoms with Gasteiger partial charge in [0.25, 0.3) is 11.5 Å². The van der Waals surface area contributed by atoms with Crippen LogP contribution >= 0.6 is 0 Å². The molecule has 0 aromatic carbocycles. The van der Waals surface area contributed by atoms with Gasteiger partial charge in [0.05, 0.1) is 18.1 Å². The van der Waals surface area contributed by atoms with Crippen molar-refractivity contribution in [2.45, 2.75) is 52.2 Å². The highest BCUT2D eigenvalue weighted by Gasteiger charge is 2.28. The van der Waals surface area contributed by atoms with Crippen LogP contribution in [0.25, 0.3) is 11.3 Å². The van der Waals surface area contributed by atoms with Crippen molar-refractivity contribution >= 4 is 35.0 Å². The maximum Gasteiger partial charge on any atom is 0.415 e. The van der Waals surface area contributed by atoms with E-state index in [2.05, 4.69) is 25.7 Å². The van der Waals surface area contributed by atoms with Crippen LogP contribution in [0.3, 0.4) is 0 Å². The molecule has 0 spiro atoms. The summed E-state index contributed by atoms with van der Waals surface area (Å²) in [4.78, 5) is 49.4. The molecule has 0 radical (unpaired) electrons. The molecule has 4 aromatic heterocycles. The fourth-order valence-corrected chi connectivity index (χ4v) is 3.86. The predicted octanol–water partition coefficient (Wildman–Crippen LogP) is 3.59. The van der Waals surface area contributed by atoms with Crippen LogP contribution in [-0.2, 0) is 4.74 Å². The number of aryl methyl sites for hydroxylation is 1. The first-order valence-electron chi connectivity index (χ1n) is 12.6. The van der Waals surface area contributed by atoms with Crippen molar-refractivity contribution in [3.8, 4) is 5.69 Å². The maximum absolute atomic E-state index is 13.3. The molecule has 4 heterocycles. The van der Waals surface area contributed by atoms with Crippen LogP contribution in [-0.4, -0.2) is 54.8 Å². The molecule has 0 saturated heterocycles. The number of nitrogens with one attached hydrogen (secondary N) is 2. The zero-order chi connectivity index (χ0) is 27.9. The van der Waals surface area contributed by atoms with Gasteiger partial charge in [-0.2, -0.15) is 9.61 Å². The first kappa shape index (κ1) is 25.9. The second-order valence-electron chi connectivity index (χ2n) is 10.5. The third-order valence-electron chi connectivity index (χ3n) is 6.01. The van der Waals surface area contributed by atoms with Crippen molar-refractivity contribution < 1.29 is 14.3 Å². The Morgan fingerprint density at radius 1 is 1.15 bits per heavy atom. The first-order chi connectivity index (χ1) is 18.5. The Morgan fingerprint density at radius 2 is 1.92 bits per heavy atom. The molecular weight excluding hydrogens is 500 g/mol. The second-order valence-corrected chi connectivity index (χ2v) is 10.5. The highest BCUT2D eigenvalue weighted by Crippen LogP contribution is 2.26. The van der Waals surface area contributed by atoms with E-state index in [0.29, 0.717) is 11.5 Å². The average Bonchev–Trinajstić information content (AvgIpc) is 3.59. The van der Waals surface area contributed by atoms with Crippen molar-refractivity contribution in [2.24, 2.45) is 0 Å². The predicted molar refractivity (Wildman–Crippen MR) is 146 cm³/mol. The van der Waals surface area contributed by atoms with Gasteiger partial charge in [-0.3, -0.25) is 24.0 Å². The molecule has 0 atom stereocenters. The Labute approximate surface area is 224 Å². The summed E-state index contributed by atoms with van der Waals surface area (Å²) in [5, 5.41) is 10.3. The Bertz CT molecular complexity index is 1610. The molecule has 2 N–H and O–H groups in total. The number of nitrogens with zero attached hydrogens (tertiary/aromatic N) is 6. The van der Waals surface area contributed by atoms with Crippen LogP contribution in [0.4, 0.5) is 22.1 Å². The molecule has 1 fully saturated rings. The quantitative estimate of drug-likeness (QED) is 0.386. The summed E-state index contributed by atoms with van der Waals surface area (Å²) in [6.07, 6.45) is 5.92. The Kier molecular flexibility index (Phi) is 6.54. The fraction of sp³-hybridized carbons (Fsp3) is 0.333. The monoisotopic (exact) mass is 530 g/mol. The van der Waals surface area contributed by atoms with Gasteiger partial charge in [-0.05, 0) is 64.8 Å². The van der Waals surface area contributed by atoms with E-state index in [1.165, 1.54) is 27.2 Å². The molecule has 12 heteroatoms. The number of hydrogen-bond donors (Lipinski definition) is 2. The summed E-state index contributed by atoms with van der Waals surface area (Å²) in [7, 11) is 1.54. The Hall–Kier alpha value is -4.74. The minimum atomic E-state index is -0.724. The lowest BCUT2D eigenvalue weighted by Crippen LogP contribution is -2.35. The van der Waals surface area contributed by atoms with Crippen molar-refractivity contribution in [1.82, 2.24) is 29.5 Å². The van der Waals surface area contributed by atoms with E-state index in [9.17, 15) is 14.4 Å². The number of ether oxygens (including phenoxy) is 1. The van der Waals surface area contributed by atoms with E-state index in [1.807, 2.05) is 19.1 Å². The molecule has 39 heavy (non-hydrogen) atoms. The lowest BCUT2D eigenvalue weighted by atomic mass is 10.2. The lowest BCUT2D eigenvalue weighted by Gasteiger charge is -2.25. The number of rotatable bonds is 6. The number of carbonyl (C=O) groups is 2. The SMILES string of the molecule is Cc1ccc(-n2cccc(Nc3cc(N(C)C(=O)OC(C)(C)C)n4ncc(C(=O)NC5CC5)c4n3)c2=O)cn1. The van der Waals surface area contributed by atoms with Crippen LogP contribution in [0.5, 0.6) is 0 Å². The van der Waals surface area contributed by atoms with Crippen LogP contribution in [0.1, 0.15) is 49.7 Å². The van der Waals surface area contributed by atoms with E-state index in [4.69, 9.17) is 4.74 Å². The van der Waals surface area contributed by atoms with Gasteiger partial charge in [-0.1, -0.05) is 0 Å². The summed E-state index contributed by atoms with van der Waals surface area (Å²) >= 11 is 0. The normalized spacial score (nSPS) is 13.3. The van der Waals surface area contributed by atoms with E-state index in [1.54, 1.807) is 51.4 Å². The molecule has 2 amide bonds. The molecule has 1 aliphatic carbocycles. The summed E-state index contributed by atoms with van der Waals surface area (Å²) in [6, 6.07) is 8.68. The molecule has 1 saturated carbocycles. The zero-order valence-electron chi connectivity index (χ0n) is 22.4. The molecule has 0 bridgehead atoms. The summed E-state index contributed by atoms with van der Waals surface area (Å²) in [6.45, 7) is 7.18. The zero-order valence-corrected chi connectivity index (χ0v) is 22.4. The van der Waals surface area contributed by atoms with E-state index in [0.717, 1.165) is 18.5 Å². The molecule has 0 unspecified atom stereocenters. The fourth-order valence-electron chi connectivity index (χ4n) is 3.86. The number of hydrogen-bond acceptors (Lipinski definition) is 8. The average molecular weight is 531 g/mol. The van der Waals surface area contributed by atoms with Gasteiger partial charge in [0.15, 0.2) is 5.65 Å². The van der Waals surface area contributed by atoms with Gasteiger partial charge in [0.1, 0.15) is 28.5 Å².